The molecule has 0 fully saturated rings. The number of nitrogens with zero attached hydrogens (tertiary/aromatic N) is 2. The molecule has 1 aromatic carbocycles. The van der Waals surface area contributed by atoms with Crippen molar-refractivity contribution in [3.63, 3.8) is 0 Å². The zero-order chi connectivity index (χ0) is 15.4. The quantitative estimate of drug-likeness (QED) is 0.903. The van der Waals surface area contributed by atoms with Gasteiger partial charge >= 0.3 is 6.03 Å². The molecule has 22 heavy (non-hydrogen) atoms. The summed E-state index contributed by atoms with van der Waals surface area (Å²) < 4.78 is 4.85. The predicted octanol–water partition coefficient (Wildman–Crippen LogP) is 2.21. The molecule has 1 aliphatic rings. The normalized spacial score (nSPS) is 16.9. The Balaban J connectivity index is 1.49. The van der Waals surface area contributed by atoms with Gasteiger partial charge in [0.15, 0.2) is 5.82 Å². The number of aryl methyl sites for hydroxylation is 2. The Labute approximate surface area is 133 Å². The van der Waals surface area contributed by atoms with Crippen molar-refractivity contribution in [1.29, 1.82) is 0 Å². The van der Waals surface area contributed by atoms with Gasteiger partial charge in [0, 0.05) is 18.7 Å². The predicted molar refractivity (Wildman–Crippen MR) is 84.6 cm³/mol. The lowest BCUT2D eigenvalue weighted by Gasteiger charge is -2.25. The van der Waals surface area contributed by atoms with Crippen LogP contribution in [0.1, 0.15) is 28.1 Å². The summed E-state index contributed by atoms with van der Waals surface area (Å²) in [6, 6.07) is 8.22. The smallest absolute Gasteiger partial charge is 0.315 e. The third kappa shape index (κ3) is 3.59. The van der Waals surface area contributed by atoms with Gasteiger partial charge in [-0.1, -0.05) is 29.4 Å². The van der Waals surface area contributed by atoms with Crippen molar-refractivity contribution in [2.24, 2.45) is 0 Å². The number of carbonyl (C=O) groups excluding carboxylic acids is 1. The van der Waals surface area contributed by atoms with Crippen molar-refractivity contribution < 1.29 is 9.32 Å². The molecule has 2 amide bonds. The Bertz CT molecular complexity index is 658. The minimum Gasteiger partial charge on any atom is -0.340 e. The first-order valence-corrected chi connectivity index (χ1v) is 8.27. The van der Waals surface area contributed by atoms with Gasteiger partial charge in [0.1, 0.15) is 0 Å². The van der Waals surface area contributed by atoms with Crippen molar-refractivity contribution >= 4 is 17.8 Å². The van der Waals surface area contributed by atoms with E-state index >= 15 is 0 Å². The van der Waals surface area contributed by atoms with Crippen LogP contribution in [0.5, 0.6) is 0 Å². The molecule has 0 bridgehead atoms. The van der Waals surface area contributed by atoms with Crippen LogP contribution in [-0.2, 0) is 13.0 Å². The summed E-state index contributed by atoms with van der Waals surface area (Å²) in [5.74, 6) is 2.06. The van der Waals surface area contributed by atoms with Gasteiger partial charge in [0.25, 0.3) is 0 Å². The van der Waals surface area contributed by atoms with Gasteiger partial charge in [-0.3, -0.25) is 0 Å². The summed E-state index contributed by atoms with van der Waals surface area (Å²) in [4.78, 5) is 15.9. The van der Waals surface area contributed by atoms with E-state index in [0.29, 0.717) is 23.5 Å². The lowest BCUT2D eigenvalue weighted by atomic mass is 10.0. The van der Waals surface area contributed by atoms with Gasteiger partial charge in [-0.25, -0.2) is 4.79 Å². The molecule has 1 aromatic heterocycles. The van der Waals surface area contributed by atoms with Crippen LogP contribution in [-0.4, -0.2) is 28.5 Å². The summed E-state index contributed by atoms with van der Waals surface area (Å²) in [5.41, 5.74) is 2.71. The second-order valence-electron chi connectivity index (χ2n) is 5.10. The van der Waals surface area contributed by atoms with E-state index < -0.39 is 0 Å². The van der Waals surface area contributed by atoms with Gasteiger partial charge < -0.3 is 15.2 Å². The average Bonchev–Trinajstić information content (AvgIpc) is 2.96. The highest BCUT2D eigenvalue weighted by Crippen LogP contribution is 2.35. The molecule has 0 saturated carbocycles. The second kappa shape index (κ2) is 6.83. The molecular weight excluding hydrogens is 300 g/mol. The summed E-state index contributed by atoms with van der Waals surface area (Å²) in [5, 5.41) is 9.69. The largest absolute Gasteiger partial charge is 0.340 e. The van der Waals surface area contributed by atoms with Crippen molar-refractivity contribution in [1.82, 2.24) is 20.8 Å². The molecule has 1 aliphatic heterocycles. The molecule has 1 unspecified atom stereocenters. The molecule has 2 N–H and O–H groups in total. The summed E-state index contributed by atoms with van der Waals surface area (Å²) >= 11 is 1.88. The fourth-order valence-corrected chi connectivity index (χ4v) is 3.70. The van der Waals surface area contributed by atoms with E-state index in [1.54, 1.807) is 6.92 Å². The Morgan fingerprint density at radius 2 is 2.27 bits per heavy atom. The Kier molecular flexibility index (Phi) is 4.62. The highest BCUT2D eigenvalue weighted by molar-refractivity contribution is 7.99. The van der Waals surface area contributed by atoms with E-state index in [4.69, 9.17) is 4.52 Å². The maximum absolute atomic E-state index is 11.9. The van der Waals surface area contributed by atoms with Crippen molar-refractivity contribution in [3.8, 4) is 0 Å². The maximum Gasteiger partial charge on any atom is 0.315 e. The standard InChI is InChI=1S/C15H18N4O2S/c1-10-18-14(19-21-10)9-17-15(20)16-8-13-12-5-3-2-4-11(12)6-7-22-13/h2-5,13H,6-9H2,1H3,(H2,16,17,20). The lowest BCUT2D eigenvalue weighted by Crippen LogP contribution is -2.37. The van der Waals surface area contributed by atoms with Crippen molar-refractivity contribution in [2.45, 2.75) is 25.1 Å². The van der Waals surface area contributed by atoms with Crippen LogP contribution < -0.4 is 10.6 Å². The third-order valence-corrected chi connectivity index (χ3v) is 4.78. The molecule has 2 aromatic rings. The van der Waals surface area contributed by atoms with E-state index in [1.165, 1.54) is 11.1 Å². The number of urea groups is 1. The third-order valence-electron chi connectivity index (χ3n) is 3.52. The monoisotopic (exact) mass is 318 g/mol. The highest BCUT2D eigenvalue weighted by atomic mass is 32.2. The molecule has 1 atom stereocenters. The number of thioether (sulfide) groups is 1. The van der Waals surface area contributed by atoms with Gasteiger partial charge in [-0.15, -0.1) is 0 Å². The van der Waals surface area contributed by atoms with Crippen molar-refractivity contribution in [2.75, 3.05) is 12.3 Å². The fraction of sp³-hybridized carbons (Fsp3) is 0.400. The second-order valence-corrected chi connectivity index (χ2v) is 6.41. The van der Waals surface area contributed by atoms with Gasteiger partial charge in [-0.2, -0.15) is 16.7 Å². The SMILES string of the molecule is Cc1nc(CNC(=O)NCC2SCCc3ccccc32)no1. The van der Waals surface area contributed by atoms with E-state index in [0.717, 1.165) is 12.2 Å². The molecule has 6 nitrogen and oxygen atoms in total. The van der Waals surface area contributed by atoms with Gasteiger partial charge in [-0.05, 0) is 23.3 Å². The summed E-state index contributed by atoms with van der Waals surface area (Å²) in [6.07, 6.45) is 1.10. The number of carbonyl (C=O) groups is 1. The average molecular weight is 318 g/mol. The van der Waals surface area contributed by atoms with Crippen LogP contribution in [0.4, 0.5) is 4.79 Å². The van der Waals surface area contributed by atoms with Gasteiger partial charge in [0.2, 0.25) is 5.89 Å². The zero-order valence-corrected chi connectivity index (χ0v) is 13.2. The molecule has 0 radical (unpaired) electrons. The van der Waals surface area contributed by atoms with Crippen LogP contribution in [0.2, 0.25) is 0 Å². The van der Waals surface area contributed by atoms with Crippen molar-refractivity contribution in [3.05, 3.63) is 47.1 Å². The number of rotatable bonds is 4. The molecule has 3 rings (SSSR count). The van der Waals surface area contributed by atoms with E-state index in [2.05, 4.69) is 45.0 Å². The molecule has 7 heteroatoms. The minimum atomic E-state index is -0.217. The zero-order valence-electron chi connectivity index (χ0n) is 12.3. The number of amides is 2. The van der Waals surface area contributed by atoms with E-state index in [9.17, 15) is 4.79 Å². The summed E-state index contributed by atoms with van der Waals surface area (Å²) in [6.45, 7) is 2.59. The van der Waals surface area contributed by atoms with Crippen LogP contribution in [0.15, 0.2) is 28.8 Å². The molecule has 0 saturated heterocycles. The Morgan fingerprint density at radius 3 is 3.09 bits per heavy atom. The molecule has 2 heterocycles. The highest BCUT2D eigenvalue weighted by Gasteiger charge is 2.20. The molecule has 116 valence electrons. The van der Waals surface area contributed by atoms with Crippen LogP contribution in [0.25, 0.3) is 0 Å². The number of benzene rings is 1. The topological polar surface area (TPSA) is 80.0 Å². The molecule has 0 spiro atoms. The Hall–Kier alpha value is -2.02. The van der Waals surface area contributed by atoms with Crippen LogP contribution >= 0.6 is 11.8 Å². The van der Waals surface area contributed by atoms with E-state index in [-0.39, 0.29) is 12.6 Å². The number of fused-ring (bicyclic) bond motifs is 1. The minimum absolute atomic E-state index is 0.217. The van der Waals surface area contributed by atoms with Crippen LogP contribution in [0.3, 0.4) is 0 Å². The van der Waals surface area contributed by atoms with Crippen LogP contribution in [0, 0.1) is 6.92 Å². The first kappa shape index (κ1) is 14.9. The summed E-state index contributed by atoms with van der Waals surface area (Å²) in [7, 11) is 0. The molecule has 0 aliphatic carbocycles. The number of nitrogens with one attached hydrogen (secondary N) is 2. The van der Waals surface area contributed by atoms with E-state index in [1.807, 2.05) is 11.8 Å². The number of aromatic nitrogens is 2. The maximum atomic E-state index is 11.9. The Morgan fingerprint density at radius 1 is 1.41 bits per heavy atom. The first-order chi connectivity index (χ1) is 10.7. The fourth-order valence-electron chi connectivity index (χ4n) is 2.47. The number of hydrogen-bond donors (Lipinski definition) is 2. The van der Waals surface area contributed by atoms with Gasteiger partial charge in [0.05, 0.1) is 6.54 Å². The number of hydrogen-bond acceptors (Lipinski definition) is 5. The lowest BCUT2D eigenvalue weighted by molar-refractivity contribution is 0.240. The first-order valence-electron chi connectivity index (χ1n) is 7.22. The molecular formula is C15H18N4O2S.